The number of carbonyl (C=O) groups is 1. The Morgan fingerprint density at radius 3 is 2.88 bits per heavy atom. The molecule has 2 aliphatic heterocycles. The van der Waals surface area contributed by atoms with Gasteiger partial charge in [-0.15, -0.1) is 0 Å². The second kappa shape index (κ2) is 6.57. The van der Waals surface area contributed by atoms with Crippen LogP contribution >= 0.6 is 0 Å². The molecule has 2 aromatic rings. The number of fused-ring (bicyclic) bond motifs is 1. The summed E-state index contributed by atoms with van der Waals surface area (Å²) in [6, 6.07) is 7.64. The number of benzene rings is 1. The molecule has 0 radical (unpaired) electrons. The summed E-state index contributed by atoms with van der Waals surface area (Å²) in [6.07, 6.45) is 3.53. The van der Waals surface area contributed by atoms with Crippen molar-refractivity contribution in [3.8, 4) is 0 Å². The minimum Gasteiger partial charge on any atom is -0.376 e. The van der Waals surface area contributed by atoms with Crippen LogP contribution in [-0.4, -0.2) is 34.2 Å². The molecule has 26 heavy (non-hydrogen) atoms. The number of anilines is 1. The molecule has 136 valence electrons. The van der Waals surface area contributed by atoms with Crippen LogP contribution < -0.4 is 16.1 Å². The number of amides is 1. The molecule has 0 spiro atoms. The Hall–Kier alpha value is -2.67. The van der Waals surface area contributed by atoms with Crippen LogP contribution in [-0.2, 0) is 17.7 Å². The van der Waals surface area contributed by atoms with Crippen LogP contribution in [0.4, 0.5) is 5.69 Å². The van der Waals surface area contributed by atoms with Gasteiger partial charge in [-0.3, -0.25) is 14.2 Å². The van der Waals surface area contributed by atoms with Crippen molar-refractivity contribution in [3.05, 3.63) is 62.4 Å². The van der Waals surface area contributed by atoms with E-state index in [-0.39, 0.29) is 30.2 Å². The Bertz CT molecular complexity index is 956. The normalized spacial score (nSPS) is 21.8. The zero-order chi connectivity index (χ0) is 18.3. The first-order chi connectivity index (χ1) is 12.6. The lowest BCUT2D eigenvalue weighted by Gasteiger charge is -2.22. The second-order valence-electron chi connectivity index (χ2n) is 6.92. The fourth-order valence-corrected chi connectivity index (χ4v) is 3.83. The van der Waals surface area contributed by atoms with Crippen LogP contribution in [0.1, 0.15) is 35.7 Å². The molecule has 1 saturated heterocycles. The molecule has 4 rings (SSSR count). The number of rotatable bonds is 3. The van der Waals surface area contributed by atoms with E-state index in [4.69, 9.17) is 4.74 Å². The molecule has 7 heteroatoms. The molecule has 1 amide bonds. The van der Waals surface area contributed by atoms with Gasteiger partial charge in [0.2, 0.25) is 0 Å². The number of hydrogen-bond donors (Lipinski definition) is 1. The number of ether oxygens (including phenoxy) is 1. The van der Waals surface area contributed by atoms with Crippen LogP contribution in [0.2, 0.25) is 0 Å². The van der Waals surface area contributed by atoms with E-state index >= 15 is 0 Å². The van der Waals surface area contributed by atoms with Gasteiger partial charge < -0.3 is 14.6 Å². The predicted molar refractivity (Wildman–Crippen MR) is 96.7 cm³/mol. The van der Waals surface area contributed by atoms with Gasteiger partial charge in [0.05, 0.1) is 12.6 Å². The molecule has 1 aromatic carbocycles. The topological polar surface area (TPSA) is 84.4 Å². The molecular weight excluding hydrogens is 334 g/mol. The number of H-pyrrole nitrogens is 1. The van der Waals surface area contributed by atoms with Crippen LogP contribution in [0.25, 0.3) is 0 Å². The van der Waals surface area contributed by atoms with Crippen molar-refractivity contribution in [2.24, 2.45) is 0 Å². The van der Waals surface area contributed by atoms with Crippen LogP contribution in [0, 0.1) is 0 Å². The van der Waals surface area contributed by atoms with E-state index < -0.39 is 11.2 Å². The first-order valence-corrected chi connectivity index (χ1v) is 8.92. The Balaban J connectivity index is 1.71. The molecule has 2 atom stereocenters. The third-order valence-electron chi connectivity index (χ3n) is 5.13. The molecule has 2 aliphatic rings. The molecule has 0 bridgehead atoms. The summed E-state index contributed by atoms with van der Waals surface area (Å²) in [5, 5.41) is 0. The zero-order valence-electron chi connectivity index (χ0n) is 14.6. The second-order valence-corrected chi connectivity index (χ2v) is 6.92. The van der Waals surface area contributed by atoms with Gasteiger partial charge in [0.1, 0.15) is 5.56 Å². The van der Waals surface area contributed by atoms with Gasteiger partial charge in [-0.1, -0.05) is 18.2 Å². The number of nitrogens with one attached hydrogen (secondary N) is 1. The molecule has 7 nitrogen and oxygen atoms in total. The Morgan fingerprint density at radius 1 is 1.31 bits per heavy atom. The van der Waals surface area contributed by atoms with Gasteiger partial charge in [-0.25, -0.2) is 4.79 Å². The number of hydrogen-bond acceptors (Lipinski definition) is 4. The van der Waals surface area contributed by atoms with E-state index in [0.717, 1.165) is 35.1 Å². The highest BCUT2D eigenvalue weighted by atomic mass is 16.5. The summed E-state index contributed by atoms with van der Waals surface area (Å²) in [4.78, 5) is 42.2. The quantitative estimate of drug-likeness (QED) is 0.900. The lowest BCUT2D eigenvalue weighted by Crippen LogP contribution is -2.45. The molecule has 0 saturated carbocycles. The summed E-state index contributed by atoms with van der Waals surface area (Å²) in [7, 11) is 0. The van der Waals surface area contributed by atoms with Gasteiger partial charge in [0.15, 0.2) is 0 Å². The fraction of sp³-hybridized carbons (Fsp3) is 0.421. The van der Waals surface area contributed by atoms with Crippen LogP contribution in [0.3, 0.4) is 0 Å². The smallest absolute Gasteiger partial charge is 0.328 e. The SMILES string of the molecule is CC1Cc2ccccc2N1C(=O)c1c[nH]c(=O)n(CC2CCCO2)c1=O. The van der Waals surface area contributed by atoms with Crippen LogP contribution in [0.15, 0.2) is 40.1 Å². The fourth-order valence-electron chi connectivity index (χ4n) is 3.83. The minimum absolute atomic E-state index is 0.0221. The number of aromatic nitrogens is 2. The Kier molecular flexibility index (Phi) is 4.24. The largest absolute Gasteiger partial charge is 0.376 e. The van der Waals surface area contributed by atoms with E-state index in [9.17, 15) is 14.4 Å². The molecular formula is C19H21N3O4. The van der Waals surface area contributed by atoms with Gasteiger partial charge in [-0.2, -0.15) is 0 Å². The lowest BCUT2D eigenvalue weighted by atomic mass is 10.1. The third-order valence-corrected chi connectivity index (χ3v) is 5.13. The third kappa shape index (κ3) is 2.78. The van der Waals surface area contributed by atoms with Crippen molar-refractivity contribution in [3.63, 3.8) is 0 Å². The number of nitrogens with zero attached hydrogens (tertiary/aromatic N) is 2. The Labute approximate surface area is 150 Å². The van der Waals surface area contributed by atoms with Gasteiger partial charge in [-0.05, 0) is 37.8 Å². The summed E-state index contributed by atoms with van der Waals surface area (Å²) < 4.78 is 6.60. The van der Waals surface area contributed by atoms with Gasteiger partial charge in [0, 0.05) is 24.5 Å². The van der Waals surface area contributed by atoms with E-state index in [1.165, 1.54) is 6.20 Å². The van der Waals surface area contributed by atoms with E-state index in [2.05, 4.69) is 4.98 Å². The average molecular weight is 355 g/mol. The standard InChI is InChI=1S/C19H21N3O4/c1-12-9-13-5-2-3-7-16(13)22(12)18(24)15-10-20-19(25)21(17(15)23)11-14-6-4-8-26-14/h2-3,5,7,10,12,14H,4,6,8-9,11H2,1H3,(H,20,25). The summed E-state index contributed by atoms with van der Waals surface area (Å²) in [6.45, 7) is 2.76. The van der Waals surface area contributed by atoms with Crippen molar-refractivity contribution in [2.75, 3.05) is 11.5 Å². The number of para-hydroxylation sites is 1. The monoisotopic (exact) mass is 355 g/mol. The van der Waals surface area contributed by atoms with Crippen molar-refractivity contribution in [1.82, 2.24) is 9.55 Å². The van der Waals surface area contributed by atoms with Gasteiger partial charge in [0.25, 0.3) is 11.5 Å². The highest BCUT2D eigenvalue weighted by molar-refractivity contribution is 6.07. The lowest BCUT2D eigenvalue weighted by molar-refractivity contribution is 0.0934. The molecule has 1 fully saturated rings. The molecule has 3 heterocycles. The van der Waals surface area contributed by atoms with Gasteiger partial charge >= 0.3 is 5.69 Å². The van der Waals surface area contributed by atoms with Crippen molar-refractivity contribution in [1.29, 1.82) is 0 Å². The van der Waals surface area contributed by atoms with E-state index in [1.807, 2.05) is 31.2 Å². The summed E-state index contributed by atoms with van der Waals surface area (Å²) in [5.74, 6) is -0.384. The molecule has 0 aliphatic carbocycles. The highest BCUT2D eigenvalue weighted by Gasteiger charge is 2.33. The number of aromatic amines is 1. The zero-order valence-corrected chi connectivity index (χ0v) is 14.6. The first-order valence-electron chi connectivity index (χ1n) is 8.92. The summed E-state index contributed by atoms with van der Waals surface area (Å²) in [5.41, 5.74) is 0.799. The molecule has 1 aromatic heterocycles. The van der Waals surface area contributed by atoms with Crippen molar-refractivity contribution in [2.45, 2.75) is 44.9 Å². The van der Waals surface area contributed by atoms with Crippen molar-refractivity contribution < 1.29 is 9.53 Å². The molecule has 1 N–H and O–H groups in total. The molecule has 2 unspecified atom stereocenters. The van der Waals surface area contributed by atoms with E-state index in [0.29, 0.717) is 6.61 Å². The minimum atomic E-state index is -0.564. The maximum Gasteiger partial charge on any atom is 0.328 e. The predicted octanol–water partition coefficient (Wildman–Crippen LogP) is 1.31. The Morgan fingerprint density at radius 2 is 2.12 bits per heavy atom. The van der Waals surface area contributed by atoms with Crippen LogP contribution in [0.5, 0.6) is 0 Å². The highest BCUT2D eigenvalue weighted by Crippen LogP contribution is 2.32. The first kappa shape index (κ1) is 16.8. The van der Waals surface area contributed by atoms with E-state index in [1.54, 1.807) is 4.90 Å². The summed E-state index contributed by atoms with van der Waals surface area (Å²) >= 11 is 0. The maximum atomic E-state index is 13.1. The number of carbonyl (C=O) groups excluding carboxylic acids is 1. The average Bonchev–Trinajstić information content (AvgIpc) is 3.24. The van der Waals surface area contributed by atoms with Crippen molar-refractivity contribution >= 4 is 11.6 Å². The maximum absolute atomic E-state index is 13.1.